The summed E-state index contributed by atoms with van der Waals surface area (Å²) in [6.45, 7) is 1.35. The van der Waals surface area contributed by atoms with Gasteiger partial charge >= 0.3 is 0 Å². The van der Waals surface area contributed by atoms with Crippen molar-refractivity contribution in [3.8, 4) is 17.6 Å². The molecule has 5 heteroatoms. The van der Waals surface area contributed by atoms with Gasteiger partial charge in [-0.25, -0.2) is 0 Å². The lowest BCUT2D eigenvalue weighted by Crippen LogP contribution is -1.97. The highest BCUT2D eigenvalue weighted by atomic mass is 79.9. The second-order valence-corrected chi connectivity index (χ2v) is 5.50. The molecule has 3 rings (SSSR count). The van der Waals surface area contributed by atoms with E-state index in [1.165, 1.54) is 0 Å². The number of anilines is 2. The molecule has 0 bridgehead atoms. The van der Waals surface area contributed by atoms with Gasteiger partial charge in [0.05, 0.1) is 18.8 Å². The van der Waals surface area contributed by atoms with Crippen molar-refractivity contribution in [1.82, 2.24) is 0 Å². The Bertz CT molecular complexity index is 710. The number of nitrogens with zero attached hydrogens (tertiary/aromatic N) is 1. The van der Waals surface area contributed by atoms with E-state index in [4.69, 9.17) is 14.7 Å². The quantitative estimate of drug-likeness (QED) is 0.885. The lowest BCUT2D eigenvalue weighted by molar-refractivity contribution is 0.297. The number of nitrogens with one attached hydrogen (secondary N) is 1. The Morgan fingerprint density at radius 2 is 1.71 bits per heavy atom. The molecule has 0 saturated carbocycles. The zero-order chi connectivity index (χ0) is 14.7. The van der Waals surface area contributed by atoms with Crippen LogP contribution in [0.2, 0.25) is 0 Å². The zero-order valence-corrected chi connectivity index (χ0v) is 12.8. The Labute approximate surface area is 131 Å². The van der Waals surface area contributed by atoms with E-state index in [1.54, 1.807) is 6.07 Å². The Balaban J connectivity index is 1.83. The molecule has 0 aromatic heterocycles. The van der Waals surface area contributed by atoms with Gasteiger partial charge in [0, 0.05) is 28.3 Å². The predicted octanol–water partition coefficient (Wildman–Crippen LogP) is 4.23. The van der Waals surface area contributed by atoms with E-state index in [2.05, 4.69) is 27.3 Å². The number of benzene rings is 2. The van der Waals surface area contributed by atoms with Crippen molar-refractivity contribution in [2.75, 3.05) is 18.5 Å². The van der Waals surface area contributed by atoms with E-state index in [0.717, 1.165) is 33.8 Å². The van der Waals surface area contributed by atoms with Gasteiger partial charge in [0.15, 0.2) is 11.5 Å². The maximum Gasteiger partial charge on any atom is 0.163 e. The highest BCUT2D eigenvalue weighted by Gasteiger charge is 2.11. The standard InChI is InChI=1S/C16H13BrN2O2/c17-14-8-12(3-2-11(14)10-18)19-13-4-5-15-16(9-13)21-7-1-6-20-15/h2-5,8-9,19H,1,6-7H2. The van der Waals surface area contributed by atoms with Gasteiger partial charge in [-0.15, -0.1) is 0 Å². The molecule has 0 atom stereocenters. The molecule has 2 aromatic rings. The van der Waals surface area contributed by atoms with Crippen molar-refractivity contribution in [3.05, 3.63) is 46.4 Å². The SMILES string of the molecule is N#Cc1ccc(Nc2ccc3c(c2)OCCCO3)cc1Br. The normalized spacial score (nSPS) is 13.1. The molecule has 4 nitrogen and oxygen atoms in total. The van der Waals surface area contributed by atoms with Crippen molar-refractivity contribution in [1.29, 1.82) is 5.26 Å². The fourth-order valence-electron chi connectivity index (χ4n) is 2.09. The van der Waals surface area contributed by atoms with Gasteiger partial charge in [-0.3, -0.25) is 0 Å². The summed E-state index contributed by atoms with van der Waals surface area (Å²) in [6, 6.07) is 13.4. The van der Waals surface area contributed by atoms with Crippen molar-refractivity contribution in [2.24, 2.45) is 0 Å². The van der Waals surface area contributed by atoms with Crippen molar-refractivity contribution in [3.63, 3.8) is 0 Å². The third-order valence-corrected chi connectivity index (χ3v) is 3.78. The third-order valence-electron chi connectivity index (χ3n) is 3.13. The van der Waals surface area contributed by atoms with Crippen LogP contribution in [0, 0.1) is 11.3 Å². The summed E-state index contributed by atoms with van der Waals surface area (Å²) in [6.07, 6.45) is 0.889. The maximum absolute atomic E-state index is 8.93. The smallest absolute Gasteiger partial charge is 0.163 e. The molecule has 1 N–H and O–H groups in total. The molecule has 21 heavy (non-hydrogen) atoms. The van der Waals surface area contributed by atoms with E-state index in [1.807, 2.05) is 30.3 Å². The lowest BCUT2D eigenvalue weighted by atomic mass is 10.2. The minimum Gasteiger partial charge on any atom is -0.490 e. The number of ether oxygens (including phenoxy) is 2. The summed E-state index contributed by atoms with van der Waals surface area (Å²) >= 11 is 3.38. The van der Waals surface area contributed by atoms with E-state index >= 15 is 0 Å². The lowest BCUT2D eigenvalue weighted by Gasteiger charge is -2.11. The molecule has 0 radical (unpaired) electrons. The molecule has 1 aliphatic rings. The molecule has 0 aliphatic carbocycles. The van der Waals surface area contributed by atoms with E-state index < -0.39 is 0 Å². The second-order valence-electron chi connectivity index (χ2n) is 4.64. The van der Waals surface area contributed by atoms with E-state index in [9.17, 15) is 0 Å². The highest BCUT2D eigenvalue weighted by molar-refractivity contribution is 9.10. The number of hydrogen-bond donors (Lipinski definition) is 1. The minimum atomic E-state index is 0.610. The monoisotopic (exact) mass is 344 g/mol. The summed E-state index contributed by atoms with van der Waals surface area (Å²) in [5.41, 5.74) is 2.42. The van der Waals surface area contributed by atoms with Crippen molar-refractivity contribution in [2.45, 2.75) is 6.42 Å². The number of hydrogen-bond acceptors (Lipinski definition) is 4. The Kier molecular flexibility index (Phi) is 3.98. The molecule has 0 amide bonds. The van der Waals surface area contributed by atoms with Crippen LogP contribution in [0.1, 0.15) is 12.0 Å². The van der Waals surface area contributed by atoms with Gasteiger partial charge in [-0.2, -0.15) is 5.26 Å². The molecule has 106 valence electrons. The summed E-state index contributed by atoms with van der Waals surface area (Å²) in [5.74, 6) is 1.53. The summed E-state index contributed by atoms with van der Waals surface area (Å²) in [4.78, 5) is 0. The Morgan fingerprint density at radius 3 is 2.48 bits per heavy atom. The van der Waals surface area contributed by atoms with Gasteiger partial charge < -0.3 is 14.8 Å². The van der Waals surface area contributed by atoms with Crippen LogP contribution in [0.5, 0.6) is 11.5 Å². The maximum atomic E-state index is 8.93. The summed E-state index contributed by atoms with van der Waals surface area (Å²) in [7, 11) is 0. The van der Waals surface area contributed by atoms with Crippen LogP contribution in [0.15, 0.2) is 40.9 Å². The predicted molar refractivity (Wildman–Crippen MR) is 84.2 cm³/mol. The minimum absolute atomic E-state index is 0.610. The van der Waals surface area contributed by atoms with Crippen molar-refractivity contribution >= 4 is 27.3 Å². The van der Waals surface area contributed by atoms with E-state index in [-0.39, 0.29) is 0 Å². The summed E-state index contributed by atoms with van der Waals surface area (Å²) < 4.78 is 12.0. The van der Waals surface area contributed by atoms with Crippen LogP contribution in [0.3, 0.4) is 0 Å². The van der Waals surface area contributed by atoms with E-state index in [0.29, 0.717) is 18.8 Å². The molecular formula is C16H13BrN2O2. The first-order valence-corrected chi connectivity index (χ1v) is 7.42. The average molecular weight is 345 g/mol. The molecule has 1 heterocycles. The third kappa shape index (κ3) is 3.11. The van der Waals surface area contributed by atoms with Gasteiger partial charge in [-0.05, 0) is 46.3 Å². The molecule has 2 aromatic carbocycles. The zero-order valence-electron chi connectivity index (χ0n) is 11.2. The summed E-state index contributed by atoms with van der Waals surface area (Å²) in [5, 5.41) is 12.2. The van der Waals surface area contributed by atoms with Gasteiger partial charge in [0.1, 0.15) is 6.07 Å². The van der Waals surface area contributed by atoms with Crippen LogP contribution < -0.4 is 14.8 Å². The largest absolute Gasteiger partial charge is 0.490 e. The molecule has 0 unspecified atom stereocenters. The van der Waals surface area contributed by atoms with Crippen LogP contribution in [-0.2, 0) is 0 Å². The fraction of sp³-hybridized carbons (Fsp3) is 0.188. The van der Waals surface area contributed by atoms with Crippen LogP contribution in [0.4, 0.5) is 11.4 Å². The number of rotatable bonds is 2. The first-order valence-electron chi connectivity index (χ1n) is 6.62. The van der Waals surface area contributed by atoms with Crippen LogP contribution >= 0.6 is 15.9 Å². The Morgan fingerprint density at radius 1 is 1.00 bits per heavy atom. The van der Waals surface area contributed by atoms with Crippen LogP contribution in [0.25, 0.3) is 0 Å². The fourth-order valence-corrected chi connectivity index (χ4v) is 2.56. The first kappa shape index (κ1) is 13.8. The Hall–Kier alpha value is -2.19. The van der Waals surface area contributed by atoms with Gasteiger partial charge in [0.2, 0.25) is 0 Å². The molecule has 1 aliphatic heterocycles. The molecule has 0 saturated heterocycles. The number of fused-ring (bicyclic) bond motifs is 1. The second kappa shape index (κ2) is 6.06. The average Bonchev–Trinajstić information content (AvgIpc) is 2.72. The van der Waals surface area contributed by atoms with Crippen molar-refractivity contribution < 1.29 is 9.47 Å². The molecular weight excluding hydrogens is 332 g/mol. The number of halogens is 1. The molecule has 0 spiro atoms. The number of nitriles is 1. The van der Waals surface area contributed by atoms with Gasteiger partial charge in [-0.1, -0.05) is 0 Å². The van der Waals surface area contributed by atoms with Crippen LogP contribution in [-0.4, -0.2) is 13.2 Å². The van der Waals surface area contributed by atoms with Gasteiger partial charge in [0.25, 0.3) is 0 Å². The highest BCUT2D eigenvalue weighted by Crippen LogP contribution is 2.33. The molecule has 0 fully saturated rings. The first-order chi connectivity index (χ1) is 10.3. The topological polar surface area (TPSA) is 54.3 Å².